The van der Waals surface area contributed by atoms with Crippen LogP contribution in [-0.2, 0) is 5.33 Å². The molecule has 0 bridgehead atoms. The summed E-state index contributed by atoms with van der Waals surface area (Å²) in [6, 6.07) is 0. The minimum atomic E-state index is 0.394. The standard InChI is InChI=1S/C6H7BrN2O2/c1-5-6(4-7)9(11)3-2-8(5)10/h2-3H,4H2,1H3. The molecule has 0 saturated carbocycles. The van der Waals surface area contributed by atoms with Gasteiger partial charge in [-0.25, -0.2) is 0 Å². The van der Waals surface area contributed by atoms with Crippen LogP contribution in [0.5, 0.6) is 0 Å². The van der Waals surface area contributed by atoms with Gasteiger partial charge in [0.1, 0.15) is 0 Å². The number of alkyl halides is 1. The van der Waals surface area contributed by atoms with Gasteiger partial charge in [-0.3, -0.25) is 0 Å². The molecule has 1 heterocycles. The van der Waals surface area contributed by atoms with Crippen molar-refractivity contribution in [3.05, 3.63) is 33.9 Å². The minimum Gasteiger partial charge on any atom is -0.805 e. The molecule has 0 aromatic carbocycles. The zero-order valence-electron chi connectivity index (χ0n) is 5.95. The molecule has 0 radical (unpaired) electrons. The molecule has 1 aromatic rings. The van der Waals surface area contributed by atoms with Crippen LogP contribution in [0.1, 0.15) is 11.4 Å². The van der Waals surface area contributed by atoms with Crippen LogP contribution in [0.15, 0.2) is 12.4 Å². The summed E-state index contributed by atoms with van der Waals surface area (Å²) >= 11 is 3.12. The van der Waals surface area contributed by atoms with E-state index in [2.05, 4.69) is 15.9 Å². The van der Waals surface area contributed by atoms with Crippen LogP contribution < -0.4 is 4.43 Å². The molecule has 0 amide bonds. The molecule has 0 unspecified atom stereocenters. The Balaban J connectivity index is 3.41. The van der Waals surface area contributed by atoms with E-state index in [1.807, 2.05) is 0 Å². The lowest BCUT2D eigenvalue weighted by molar-refractivity contribution is -0.504. The van der Waals surface area contributed by atoms with Crippen molar-refractivity contribution < 1.29 is 4.43 Å². The highest BCUT2D eigenvalue weighted by Gasteiger charge is 2.09. The Morgan fingerprint density at radius 3 is 2.91 bits per heavy atom. The molecule has 11 heavy (non-hydrogen) atoms. The van der Waals surface area contributed by atoms with E-state index in [0.29, 0.717) is 25.9 Å². The molecule has 4 nitrogen and oxygen atoms in total. The number of halogens is 1. The topological polar surface area (TPSA) is 51.0 Å². The summed E-state index contributed by atoms with van der Waals surface area (Å²) in [5.41, 5.74) is 0.877. The third-order valence-electron chi connectivity index (χ3n) is 1.48. The largest absolute Gasteiger partial charge is 0.805 e. The van der Waals surface area contributed by atoms with E-state index in [0.717, 1.165) is 0 Å². The molecular weight excluding hydrogens is 212 g/mol. The van der Waals surface area contributed by atoms with Gasteiger partial charge in [-0.1, -0.05) is 15.9 Å². The van der Waals surface area contributed by atoms with Crippen molar-refractivity contribution in [2.24, 2.45) is 0 Å². The fourth-order valence-corrected chi connectivity index (χ4v) is 1.42. The van der Waals surface area contributed by atoms with Crippen molar-refractivity contribution in [3.8, 4) is 0 Å². The molecule has 0 saturated heterocycles. The lowest BCUT2D eigenvalue weighted by Crippen LogP contribution is -2.23. The van der Waals surface area contributed by atoms with E-state index in [-0.39, 0.29) is 0 Å². The molecule has 0 aliphatic rings. The third kappa shape index (κ3) is 1.42. The van der Waals surface area contributed by atoms with E-state index in [1.165, 1.54) is 12.4 Å². The van der Waals surface area contributed by atoms with Crippen molar-refractivity contribution >= 4 is 15.9 Å². The Kier molecular flexibility index (Phi) is 2.28. The normalized spacial score (nSPS) is 10.0. The highest BCUT2D eigenvalue weighted by molar-refractivity contribution is 9.08. The molecule has 0 aliphatic heterocycles. The first-order valence-corrected chi connectivity index (χ1v) is 4.15. The summed E-state index contributed by atoms with van der Waals surface area (Å²) < 4.78 is 1.35. The number of hydrogen-bond donors (Lipinski definition) is 0. The fourth-order valence-electron chi connectivity index (χ4n) is 0.765. The van der Waals surface area contributed by atoms with Crippen LogP contribution in [0.25, 0.3) is 0 Å². The van der Waals surface area contributed by atoms with E-state index in [4.69, 9.17) is 0 Å². The smallest absolute Gasteiger partial charge is 0.268 e. The quantitative estimate of drug-likeness (QED) is 0.521. The number of nitrogens with zero attached hydrogens (tertiary/aromatic N) is 2. The second kappa shape index (κ2) is 3.04. The second-order valence-electron chi connectivity index (χ2n) is 2.12. The van der Waals surface area contributed by atoms with E-state index in [9.17, 15) is 10.1 Å². The van der Waals surface area contributed by atoms with Crippen molar-refractivity contribution in [2.75, 3.05) is 0 Å². The third-order valence-corrected chi connectivity index (χ3v) is 2.01. The fraction of sp³-hybridized carbons (Fsp3) is 0.333. The van der Waals surface area contributed by atoms with Gasteiger partial charge in [-0.15, -0.1) is 0 Å². The first-order valence-electron chi connectivity index (χ1n) is 3.03. The summed E-state index contributed by atoms with van der Waals surface area (Å²) in [7, 11) is 0. The van der Waals surface area contributed by atoms with Gasteiger partial charge in [0.05, 0.1) is 21.6 Å². The molecule has 1 aromatic heterocycles. The molecule has 1 rings (SSSR count). The van der Waals surface area contributed by atoms with Crippen molar-refractivity contribution in [3.63, 3.8) is 0 Å². The zero-order valence-corrected chi connectivity index (χ0v) is 7.54. The minimum absolute atomic E-state index is 0.394. The van der Waals surface area contributed by atoms with Crippen LogP contribution >= 0.6 is 15.9 Å². The first kappa shape index (κ1) is 8.26. The van der Waals surface area contributed by atoms with Crippen LogP contribution in [0.2, 0.25) is 0 Å². The van der Waals surface area contributed by atoms with Gasteiger partial charge in [0, 0.05) is 4.91 Å². The average molecular weight is 219 g/mol. The van der Waals surface area contributed by atoms with Crippen LogP contribution in [0.3, 0.4) is 0 Å². The average Bonchev–Trinajstić information content (AvgIpc) is 1.99. The molecule has 5 heteroatoms. The van der Waals surface area contributed by atoms with Gasteiger partial charge in [0.25, 0.3) is 5.69 Å². The van der Waals surface area contributed by atoms with E-state index < -0.39 is 0 Å². The van der Waals surface area contributed by atoms with Gasteiger partial charge in [0.15, 0.2) is 0 Å². The maximum Gasteiger partial charge on any atom is 0.268 e. The van der Waals surface area contributed by atoms with E-state index in [1.54, 1.807) is 6.92 Å². The van der Waals surface area contributed by atoms with Gasteiger partial charge < -0.3 is 9.94 Å². The highest BCUT2D eigenvalue weighted by Crippen LogP contribution is 2.03. The molecule has 60 valence electrons. The van der Waals surface area contributed by atoms with Crippen molar-refractivity contribution in [2.45, 2.75) is 12.3 Å². The zero-order chi connectivity index (χ0) is 8.43. The summed E-state index contributed by atoms with van der Waals surface area (Å²) in [6.07, 6.45) is 2.38. The molecular formula is C6H7BrN2O2. The van der Waals surface area contributed by atoms with Gasteiger partial charge in [-0.2, -0.15) is 0 Å². The Morgan fingerprint density at radius 2 is 2.45 bits per heavy atom. The Morgan fingerprint density at radius 1 is 1.82 bits per heavy atom. The Bertz CT molecular complexity index is 321. The maximum atomic E-state index is 11.0. The molecule has 0 atom stereocenters. The number of hydrogen-bond acceptors (Lipinski definition) is 2. The van der Waals surface area contributed by atoms with E-state index >= 15 is 0 Å². The first-order chi connectivity index (χ1) is 5.16. The molecule has 0 spiro atoms. The monoisotopic (exact) mass is 218 g/mol. The highest BCUT2D eigenvalue weighted by atomic mass is 79.9. The molecule has 0 aliphatic carbocycles. The van der Waals surface area contributed by atoms with Gasteiger partial charge >= 0.3 is 0 Å². The maximum absolute atomic E-state index is 11.0. The Hall–Kier alpha value is -0.840. The SMILES string of the molecule is Cc1c(CBr)[n+](=O)ccn1[O-]. The van der Waals surface area contributed by atoms with Gasteiger partial charge in [0.2, 0.25) is 6.20 Å². The summed E-state index contributed by atoms with van der Waals surface area (Å²) in [4.78, 5) is 11.0. The lowest BCUT2D eigenvalue weighted by Gasteiger charge is -2.10. The molecule has 0 fully saturated rings. The summed E-state index contributed by atoms with van der Waals surface area (Å²) in [5, 5.41) is 11.3. The van der Waals surface area contributed by atoms with Crippen LogP contribution in [-0.4, -0.2) is 4.73 Å². The molecule has 0 N–H and O–H groups in total. The van der Waals surface area contributed by atoms with Crippen LogP contribution in [0, 0.1) is 17.0 Å². The van der Waals surface area contributed by atoms with Crippen molar-refractivity contribution in [1.82, 2.24) is 4.73 Å². The number of aromatic nitrogens is 2. The van der Waals surface area contributed by atoms with Gasteiger partial charge in [-0.05, 0) is 6.92 Å². The second-order valence-corrected chi connectivity index (χ2v) is 2.68. The number of rotatable bonds is 1. The van der Waals surface area contributed by atoms with Crippen molar-refractivity contribution in [1.29, 1.82) is 0 Å². The Labute approximate surface area is 71.8 Å². The predicted octanol–water partition coefficient (Wildman–Crippen LogP) is 0.952. The predicted molar refractivity (Wildman–Crippen MR) is 43.9 cm³/mol. The summed E-state index contributed by atoms with van der Waals surface area (Å²) in [6.45, 7) is 1.61. The van der Waals surface area contributed by atoms with Crippen LogP contribution in [0.4, 0.5) is 0 Å². The summed E-state index contributed by atoms with van der Waals surface area (Å²) in [5.74, 6) is 0. The lowest BCUT2D eigenvalue weighted by atomic mass is 10.3.